The summed E-state index contributed by atoms with van der Waals surface area (Å²) in [7, 11) is 0. The quantitative estimate of drug-likeness (QED) is 0.716. The maximum Gasteiger partial charge on any atom is 0.254 e. The van der Waals surface area contributed by atoms with Crippen LogP contribution in [-0.4, -0.2) is 65.8 Å². The number of pyridine rings is 1. The zero-order chi connectivity index (χ0) is 20.8. The van der Waals surface area contributed by atoms with Crippen LogP contribution in [0.25, 0.3) is 10.9 Å². The number of aliphatic hydroxyl groups excluding tert-OH is 1. The number of amides is 1. The molecule has 1 aromatic carbocycles. The van der Waals surface area contributed by atoms with Gasteiger partial charge in [0.25, 0.3) is 5.91 Å². The number of hydrogen-bond acceptors (Lipinski definition) is 6. The predicted molar refractivity (Wildman–Crippen MR) is 112 cm³/mol. The Morgan fingerprint density at radius 1 is 1.20 bits per heavy atom. The molecular weight excluding hydrogens is 380 g/mol. The molecule has 0 spiro atoms. The number of carbonyl (C=O) groups is 1. The van der Waals surface area contributed by atoms with Gasteiger partial charge >= 0.3 is 0 Å². The number of hydrogen-bond donors (Lipinski definition) is 1. The number of likely N-dealkylation sites (tertiary alicyclic amines) is 1. The van der Waals surface area contributed by atoms with Crippen molar-refractivity contribution in [3.63, 3.8) is 0 Å². The number of fused-ring (bicyclic) bond motifs is 2. The summed E-state index contributed by atoms with van der Waals surface area (Å²) in [5.74, 6) is 1.70. The topological polar surface area (TPSA) is 87.4 Å². The second-order valence-corrected chi connectivity index (χ2v) is 8.46. The SMILES string of the molecule is CC(C)N1C[C@H](O)C[C@H]1c1nnc2n1CCN(C(=O)c1ccc3ncccc3c1)C2. The molecule has 2 aliphatic heterocycles. The van der Waals surface area contributed by atoms with Crippen LogP contribution in [0.4, 0.5) is 0 Å². The Labute approximate surface area is 175 Å². The van der Waals surface area contributed by atoms with E-state index in [-0.39, 0.29) is 18.1 Å². The zero-order valence-corrected chi connectivity index (χ0v) is 17.3. The fourth-order valence-corrected chi connectivity index (χ4v) is 4.65. The van der Waals surface area contributed by atoms with Crippen molar-refractivity contribution in [2.24, 2.45) is 0 Å². The Hall–Kier alpha value is -2.84. The summed E-state index contributed by atoms with van der Waals surface area (Å²) in [5.41, 5.74) is 1.54. The molecule has 0 aliphatic carbocycles. The van der Waals surface area contributed by atoms with Crippen molar-refractivity contribution in [3.05, 3.63) is 53.7 Å². The molecule has 4 heterocycles. The minimum absolute atomic E-state index is 0.00310. The summed E-state index contributed by atoms with van der Waals surface area (Å²) in [4.78, 5) is 21.5. The minimum atomic E-state index is -0.339. The summed E-state index contributed by atoms with van der Waals surface area (Å²) in [6, 6.07) is 9.86. The monoisotopic (exact) mass is 406 g/mol. The standard InChI is InChI=1S/C22H26N6O2/c1-14(2)28-12-17(29)11-19(28)21-25-24-20-13-26(8-9-27(20)21)22(30)16-5-6-18-15(10-16)4-3-7-23-18/h3-7,10,14,17,19,29H,8-9,11-13H2,1-2H3/t17-,19+/m1/s1. The predicted octanol–water partition coefficient (Wildman–Crippen LogP) is 2.00. The van der Waals surface area contributed by atoms with E-state index in [1.807, 2.05) is 35.2 Å². The van der Waals surface area contributed by atoms with Crippen LogP contribution in [0.2, 0.25) is 0 Å². The molecule has 30 heavy (non-hydrogen) atoms. The van der Waals surface area contributed by atoms with E-state index in [9.17, 15) is 9.90 Å². The normalized spacial score (nSPS) is 22.1. The third-order valence-electron chi connectivity index (χ3n) is 6.20. The lowest BCUT2D eigenvalue weighted by molar-refractivity contribution is 0.0704. The van der Waals surface area contributed by atoms with Crippen LogP contribution in [0.3, 0.4) is 0 Å². The van der Waals surface area contributed by atoms with Gasteiger partial charge in [0.1, 0.15) is 0 Å². The second kappa shape index (κ2) is 7.45. The number of rotatable bonds is 3. The molecule has 1 amide bonds. The highest BCUT2D eigenvalue weighted by molar-refractivity contribution is 5.97. The van der Waals surface area contributed by atoms with Crippen LogP contribution in [0.1, 0.15) is 48.3 Å². The summed E-state index contributed by atoms with van der Waals surface area (Å²) < 4.78 is 2.13. The first kappa shape index (κ1) is 19.1. The van der Waals surface area contributed by atoms with Crippen molar-refractivity contribution in [3.8, 4) is 0 Å². The van der Waals surface area contributed by atoms with Gasteiger partial charge in [-0.25, -0.2) is 0 Å². The van der Waals surface area contributed by atoms with E-state index in [1.165, 1.54) is 0 Å². The van der Waals surface area contributed by atoms with Crippen molar-refractivity contribution in [1.29, 1.82) is 0 Å². The molecule has 156 valence electrons. The van der Waals surface area contributed by atoms with E-state index < -0.39 is 0 Å². The molecule has 1 N–H and O–H groups in total. The van der Waals surface area contributed by atoms with Crippen LogP contribution in [0.5, 0.6) is 0 Å². The first-order valence-corrected chi connectivity index (χ1v) is 10.5. The highest BCUT2D eigenvalue weighted by Gasteiger charge is 2.38. The molecule has 0 bridgehead atoms. The van der Waals surface area contributed by atoms with Crippen molar-refractivity contribution in [2.75, 3.05) is 13.1 Å². The molecule has 1 saturated heterocycles. The number of benzene rings is 1. The third kappa shape index (κ3) is 3.26. The van der Waals surface area contributed by atoms with E-state index in [0.717, 1.165) is 22.6 Å². The summed E-state index contributed by atoms with van der Waals surface area (Å²) in [6.45, 7) is 6.64. The zero-order valence-electron chi connectivity index (χ0n) is 17.3. The Morgan fingerprint density at radius 3 is 2.90 bits per heavy atom. The van der Waals surface area contributed by atoms with Crippen molar-refractivity contribution in [2.45, 2.75) is 51.5 Å². The van der Waals surface area contributed by atoms with Gasteiger partial charge in [-0.05, 0) is 44.5 Å². The van der Waals surface area contributed by atoms with Gasteiger partial charge in [0.2, 0.25) is 0 Å². The lowest BCUT2D eigenvalue weighted by atomic mass is 10.1. The summed E-state index contributed by atoms with van der Waals surface area (Å²) in [5, 5.41) is 20.0. The van der Waals surface area contributed by atoms with E-state index in [1.54, 1.807) is 6.20 Å². The van der Waals surface area contributed by atoms with Crippen LogP contribution in [0.15, 0.2) is 36.5 Å². The van der Waals surface area contributed by atoms with E-state index in [2.05, 4.69) is 38.5 Å². The summed E-state index contributed by atoms with van der Waals surface area (Å²) in [6.07, 6.45) is 2.08. The maximum absolute atomic E-state index is 13.1. The Morgan fingerprint density at radius 2 is 2.07 bits per heavy atom. The molecule has 0 unspecified atom stereocenters. The Bertz CT molecular complexity index is 1090. The van der Waals surface area contributed by atoms with Gasteiger partial charge in [-0.15, -0.1) is 10.2 Å². The minimum Gasteiger partial charge on any atom is -0.392 e. The van der Waals surface area contributed by atoms with Crippen molar-refractivity contribution < 1.29 is 9.90 Å². The number of β-amino-alcohol motifs (C(OH)–C–C–N with tert-alkyl or cyclic N) is 1. The Balaban J connectivity index is 1.37. The molecule has 3 aromatic rings. The van der Waals surface area contributed by atoms with Gasteiger partial charge in [-0.2, -0.15) is 0 Å². The molecule has 1 fully saturated rings. The number of carbonyl (C=O) groups excluding carboxylic acids is 1. The first-order valence-electron chi connectivity index (χ1n) is 10.5. The molecule has 8 heteroatoms. The van der Waals surface area contributed by atoms with Gasteiger partial charge in [-0.1, -0.05) is 6.07 Å². The average molecular weight is 406 g/mol. The van der Waals surface area contributed by atoms with E-state index in [0.29, 0.717) is 44.2 Å². The molecule has 2 atom stereocenters. The molecule has 0 saturated carbocycles. The maximum atomic E-state index is 13.1. The number of aromatic nitrogens is 4. The van der Waals surface area contributed by atoms with Gasteiger partial charge in [0.05, 0.1) is 24.2 Å². The smallest absolute Gasteiger partial charge is 0.254 e. The number of aliphatic hydroxyl groups is 1. The van der Waals surface area contributed by atoms with Crippen molar-refractivity contribution in [1.82, 2.24) is 29.5 Å². The van der Waals surface area contributed by atoms with Crippen LogP contribution in [-0.2, 0) is 13.1 Å². The highest BCUT2D eigenvalue weighted by atomic mass is 16.3. The van der Waals surface area contributed by atoms with Crippen molar-refractivity contribution >= 4 is 16.8 Å². The lowest BCUT2D eigenvalue weighted by Gasteiger charge is -2.31. The van der Waals surface area contributed by atoms with Crippen LogP contribution in [0, 0.1) is 0 Å². The average Bonchev–Trinajstić information content (AvgIpc) is 3.35. The van der Waals surface area contributed by atoms with Crippen LogP contribution < -0.4 is 0 Å². The molecule has 8 nitrogen and oxygen atoms in total. The molecule has 2 aliphatic rings. The van der Waals surface area contributed by atoms with Gasteiger partial charge in [-0.3, -0.25) is 14.7 Å². The fraction of sp³-hybridized carbons (Fsp3) is 0.455. The van der Waals surface area contributed by atoms with E-state index >= 15 is 0 Å². The van der Waals surface area contributed by atoms with Gasteiger partial charge in [0, 0.05) is 42.8 Å². The Kier molecular flexibility index (Phi) is 4.75. The number of nitrogens with zero attached hydrogens (tertiary/aromatic N) is 6. The largest absolute Gasteiger partial charge is 0.392 e. The first-order chi connectivity index (χ1) is 14.5. The van der Waals surface area contributed by atoms with Gasteiger partial charge < -0.3 is 14.6 Å². The summed E-state index contributed by atoms with van der Waals surface area (Å²) >= 11 is 0. The fourth-order valence-electron chi connectivity index (χ4n) is 4.65. The highest BCUT2D eigenvalue weighted by Crippen LogP contribution is 2.34. The second-order valence-electron chi connectivity index (χ2n) is 8.46. The van der Waals surface area contributed by atoms with Crippen LogP contribution >= 0.6 is 0 Å². The van der Waals surface area contributed by atoms with Gasteiger partial charge in [0.15, 0.2) is 11.6 Å². The lowest BCUT2D eigenvalue weighted by Crippen LogP contribution is -2.39. The molecule has 2 aromatic heterocycles. The molecule has 5 rings (SSSR count). The molecule has 0 radical (unpaired) electrons. The van der Waals surface area contributed by atoms with E-state index in [4.69, 9.17) is 0 Å². The molecular formula is C22H26N6O2. The third-order valence-corrected chi connectivity index (χ3v) is 6.20.